The fraction of sp³-hybridized carbons (Fsp3) is 0.847. The van der Waals surface area contributed by atoms with Gasteiger partial charge >= 0.3 is 65.7 Å². The van der Waals surface area contributed by atoms with Crippen molar-refractivity contribution in [3.63, 3.8) is 0 Å². The maximum Gasteiger partial charge on any atom is 0.344 e. The summed E-state index contributed by atoms with van der Waals surface area (Å²) in [6.07, 6.45) is 17.7. The normalized spacial score (nSPS) is 34.8. The minimum atomic E-state index is -0.807. The van der Waals surface area contributed by atoms with Gasteiger partial charge in [-0.1, -0.05) is 27.7 Å². The van der Waals surface area contributed by atoms with Crippen molar-refractivity contribution in [2.45, 2.75) is 284 Å². The van der Waals surface area contributed by atoms with E-state index >= 15 is 0 Å². The first-order valence-corrected chi connectivity index (χ1v) is 35.3. The van der Waals surface area contributed by atoms with E-state index in [4.69, 9.17) is 56.8 Å². The molecule has 0 spiro atoms. The Morgan fingerprint density at radius 2 is 0.621 bits per heavy atom. The predicted octanol–water partition coefficient (Wildman–Crippen LogP) is 10.0. The molecule has 16 unspecified atom stereocenters. The Hall–Kier alpha value is -5.87. The Bertz CT molecular complexity index is 2910. The first-order valence-electron chi connectivity index (χ1n) is 35.3. The van der Waals surface area contributed by atoms with Gasteiger partial charge in [-0.3, -0.25) is 38.4 Å². The van der Waals surface area contributed by atoms with Crippen LogP contribution in [0.5, 0.6) is 0 Å². The third-order valence-electron chi connectivity index (χ3n) is 23.3. The minimum absolute atomic E-state index is 0.00956. The summed E-state index contributed by atoms with van der Waals surface area (Å²) in [5, 5.41) is 0. The van der Waals surface area contributed by atoms with Gasteiger partial charge in [0.15, 0.2) is 19.8 Å². The fourth-order valence-corrected chi connectivity index (χ4v) is 16.9. The Morgan fingerprint density at radius 3 is 0.979 bits per heavy atom. The smallest absolute Gasteiger partial charge is 0.344 e. The molecule has 23 nitrogen and oxygen atoms in total. The number of carbonyl (C=O) groups is 11. The quantitative estimate of drug-likeness (QED) is 0.0586. The van der Waals surface area contributed by atoms with Gasteiger partial charge in [-0.25, -0.2) is 14.4 Å². The van der Waals surface area contributed by atoms with Crippen LogP contribution in [0.25, 0.3) is 0 Å². The molecule has 16 rings (SSSR count). The first kappa shape index (κ1) is 73.4. The van der Waals surface area contributed by atoms with Crippen LogP contribution < -0.4 is 0 Å². The summed E-state index contributed by atoms with van der Waals surface area (Å²) in [5.74, 6) is -2.51. The topological polar surface area (TPSA) is 299 Å². The summed E-state index contributed by atoms with van der Waals surface area (Å²) in [6.45, 7) is 21.6. The molecule has 8 heterocycles. The lowest BCUT2D eigenvalue weighted by atomic mass is 9.65. The van der Waals surface area contributed by atoms with E-state index in [0.29, 0.717) is 88.1 Å². The molecule has 0 radical (unpaired) electrons. The standard InChI is InChI=1S/C20H28O8.C18H26O6.C18H28O5.C16H24O4/c1-4-19(2,3)18(24)26-10-15(21)25-11-16(22)28-20-7-12-5-13(8-20)17(23)27-14(6-12)9-20;1-4-17(2,3)16(21)22-10-14(19)24-18-7-11-5-12(8-18)15(20)23-13(6-11)9-18;1-4-17(2,3)16(20)21-5-6-22-18-9-12-7-13(10-18)15(19)23-14(8-12)11-18;1-4-15(2,3)14(18)20-16-7-10-5-11(8-16)13(17)19-12(6-10)9-16/h12-14H,4-11H2,1-3H3;11-13H,4-10H2,1-3H3;12-14H,4-11H2,1-3H3;10-12H,4-9H2,1-3H3. The molecular weight excluding hydrogens is 1230 g/mol. The zero-order valence-corrected chi connectivity index (χ0v) is 58.3. The summed E-state index contributed by atoms with van der Waals surface area (Å²) in [6, 6.07) is 0. The highest BCUT2D eigenvalue weighted by Gasteiger charge is 2.59. The van der Waals surface area contributed by atoms with Crippen LogP contribution in [-0.2, 0) is 110 Å². The van der Waals surface area contributed by atoms with E-state index in [-0.39, 0.29) is 103 Å². The van der Waals surface area contributed by atoms with Gasteiger partial charge in [0.1, 0.15) is 47.8 Å². The molecule has 23 heteroatoms. The summed E-state index contributed by atoms with van der Waals surface area (Å²) in [7, 11) is 0. The maximum atomic E-state index is 12.4. The number of hydrogen-bond donors (Lipinski definition) is 0. The molecule has 16 fully saturated rings. The van der Waals surface area contributed by atoms with E-state index in [1.54, 1.807) is 27.7 Å². The number of rotatable bonds is 21. The van der Waals surface area contributed by atoms with Gasteiger partial charge in [0, 0.05) is 44.9 Å². The minimum Gasteiger partial charge on any atom is -0.463 e. The van der Waals surface area contributed by atoms with E-state index in [0.717, 1.165) is 96.3 Å². The first-order chi connectivity index (χ1) is 44.5. The Morgan fingerprint density at radius 1 is 0.337 bits per heavy atom. The molecule has 16 aliphatic rings. The third-order valence-corrected chi connectivity index (χ3v) is 23.3. The lowest BCUT2D eigenvalue weighted by Crippen LogP contribution is -2.49. The largest absolute Gasteiger partial charge is 0.463 e. The predicted molar refractivity (Wildman–Crippen MR) is 335 cm³/mol. The molecule has 0 N–H and O–H groups in total. The van der Waals surface area contributed by atoms with Crippen LogP contribution in [0.4, 0.5) is 0 Å². The van der Waals surface area contributed by atoms with Crippen LogP contribution in [0, 0.1) is 69.0 Å². The second kappa shape index (κ2) is 28.9. The molecule has 0 aromatic rings. The van der Waals surface area contributed by atoms with Gasteiger partial charge in [0.25, 0.3) is 0 Å². The molecule has 8 aliphatic carbocycles. The van der Waals surface area contributed by atoms with Crippen molar-refractivity contribution in [3.05, 3.63) is 0 Å². The van der Waals surface area contributed by atoms with Gasteiger partial charge in [0.05, 0.1) is 57.5 Å². The maximum absolute atomic E-state index is 12.4. The average Bonchev–Trinajstić information content (AvgIpc) is 1.71. The van der Waals surface area contributed by atoms with Crippen LogP contribution in [0.3, 0.4) is 0 Å². The average molecular weight is 1340 g/mol. The number of hydrogen-bond acceptors (Lipinski definition) is 23. The Labute approximate surface area is 559 Å². The molecule has 532 valence electrons. The van der Waals surface area contributed by atoms with E-state index in [9.17, 15) is 52.7 Å². The van der Waals surface area contributed by atoms with Gasteiger partial charge < -0.3 is 56.8 Å². The molecule has 8 saturated heterocycles. The fourth-order valence-electron chi connectivity index (χ4n) is 16.9. The van der Waals surface area contributed by atoms with Crippen molar-refractivity contribution in [3.8, 4) is 0 Å². The highest BCUT2D eigenvalue weighted by Crippen LogP contribution is 2.55. The van der Waals surface area contributed by atoms with Crippen LogP contribution in [-0.4, -0.2) is 146 Å². The van der Waals surface area contributed by atoms with Gasteiger partial charge in [-0.15, -0.1) is 0 Å². The lowest BCUT2D eigenvalue weighted by molar-refractivity contribution is -0.184. The molecule has 8 saturated carbocycles. The van der Waals surface area contributed by atoms with Crippen molar-refractivity contribution >= 4 is 65.7 Å². The molecule has 95 heavy (non-hydrogen) atoms. The van der Waals surface area contributed by atoms with Crippen LogP contribution >= 0.6 is 0 Å². The summed E-state index contributed by atoms with van der Waals surface area (Å²) in [5.41, 5.74) is -4.26. The van der Waals surface area contributed by atoms with Crippen LogP contribution in [0.1, 0.15) is 237 Å². The van der Waals surface area contributed by atoms with Crippen molar-refractivity contribution in [2.24, 2.45) is 69.0 Å². The van der Waals surface area contributed by atoms with Gasteiger partial charge in [-0.2, -0.15) is 0 Å². The number of esters is 11. The third kappa shape index (κ3) is 17.7. The van der Waals surface area contributed by atoms with Gasteiger partial charge in [-0.05, 0) is 188 Å². The van der Waals surface area contributed by atoms with E-state index in [1.807, 2.05) is 55.4 Å². The van der Waals surface area contributed by atoms with Crippen LogP contribution in [0.2, 0.25) is 0 Å². The molecule has 8 aliphatic heterocycles. The molecule has 16 bridgehead atoms. The van der Waals surface area contributed by atoms with Crippen LogP contribution in [0.15, 0.2) is 0 Å². The summed E-state index contributed by atoms with van der Waals surface area (Å²) < 4.78 is 65.8. The lowest BCUT2D eigenvalue weighted by Gasteiger charge is -2.46. The SMILES string of the molecule is CCC(C)(C)C(=O)OC12CC3CC(C1)OC(=O)C(C3)C2.CCC(C)(C)C(=O)OCC(=O)OC12CC3CC(C1)OC(=O)C(C3)C2.CCC(C)(C)C(=O)OCC(=O)OCC(=O)OC12CC3CC(C1)OC(=O)C(C3)C2.CCC(C)(C)C(=O)OCCOC12CC3CC(C1)OC(=O)C(C3)C2. The summed E-state index contributed by atoms with van der Waals surface area (Å²) in [4.78, 5) is 132. The second-order valence-corrected chi connectivity index (χ2v) is 32.6. The number of ether oxygens (including phenoxy) is 12. The van der Waals surface area contributed by atoms with E-state index in [2.05, 4.69) is 0 Å². The number of carbonyl (C=O) groups excluding carboxylic acids is 11. The molecule has 16 atom stereocenters. The van der Waals surface area contributed by atoms with Gasteiger partial charge in [0.2, 0.25) is 0 Å². The van der Waals surface area contributed by atoms with Crippen molar-refractivity contribution < 1.29 is 110 Å². The molecular formula is C72H106O23. The Balaban J connectivity index is 0.000000150. The van der Waals surface area contributed by atoms with Crippen molar-refractivity contribution in [1.29, 1.82) is 0 Å². The highest BCUT2D eigenvalue weighted by molar-refractivity contribution is 5.83. The highest BCUT2D eigenvalue weighted by atomic mass is 16.6. The molecule has 0 aromatic heterocycles. The number of fused-ring (bicyclic) bond motifs is 4. The van der Waals surface area contributed by atoms with E-state index < -0.39 is 81.5 Å². The molecule has 0 amide bonds. The Kier molecular flexibility index (Phi) is 22.3. The zero-order valence-electron chi connectivity index (χ0n) is 58.3. The van der Waals surface area contributed by atoms with Crippen molar-refractivity contribution in [2.75, 3.05) is 33.0 Å². The monoisotopic (exact) mass is 1340 g/mol. The second-order valence-electron chi connectivity index (χ2n) is 32.6. The zero-order chi connectivity index (χ0) is 69.3. The van der Waals surface area contributed by atoms with E-state index in [1.165, 1.54) is 0 Å². The van der Waals surface area contributed by atoms with Crippen molar-refractivity contribution in [1.82, 2.24) is 0 Å². The molecule has 0 aromatic carbocycles. The summed E-state index contributed by atoms with van der Waals surface area (Å²) >= 11 is 0.